The van der Waals surface area contributed by atoms with Gasteiger partial charge in [0.1, 0.15) is 5.75 Å². The van der Waals surface area contributed by atoms with Gasteiger partial charge in [-0.1, -0.05) is 0 Å². The molecule has 1 unspecified atom stereocenters. The van der Waals surface area contributed by atoms with E-state index < -0.39 is 0 Å². The van der Waals surface area contributed by atoms with Crippen molar-refractivity contribution in [2.24, 2.45) is 5.73 Å². The Morgan fingerprint density at radius 2 is 2.11 bits per heavy atom. The van der Waals surface area contributed by atoms with Gasteiger partial charge in [0, 0.05) is 26.2 Å². The number of ether oxygens (including phenoxy) is 1. The fraction of sp³-hybridized carbons (Fsp3) is 0.231. The Balaban J connectivity index is 2.10. The number of hydrogen-bond acceptors (Lipinski definition) is 4. The van der Waals surface area contributed by atoms with Gasteiger partial charge in [0.15, 0.2) is 0 Å². The number of thioether (sulfide) groups is 1. The Morgan fingerprint density at radius 1 is 1.39 bits per heavy atom. The van der Waals surface area contributed by atoms with Crippen LogP contribution in [-0.4, -0.2) is 13.7 Å². The van der Waals surface area contributed by atoms with Gasteiger partial charge in [-0.25, -0.2) is 0 Å². The molecule has 0 bridgehead atoms. The molecule has 0 saturated carbocycles. The van der Waals surface area contributed by atoms with Crippen LogP contribution in [0.4, 0.5) is 0 Å². The molecule has 0 spiro atoms. The molecular formula is C13H14BrNOS2. The van der Waals surface area contributed by atoms with Gasteiger partial charge in [0.25, 0.3) is 0 Å². The Labute approximate surface area is 124 Å². The Morgan fingerprint density at radius 3 is 2.61 bits per heavy atom. The van der Waals surface area contributed by atoms with Crippen LogP contribution in [0.3, 0.4) is 0 Å². The summed E-state index contributed by atoms with van der Waals surface area (Å²) in [5, 5.41) is 2.39. The van der Waals surface area contributed by atoms with E-state index in [0.717, 1.165) is 10.2 Å². The zero-order valence-corrected chi connectivity index (χ0v) is 13.1. The van der Waals surface area contributed by atoms with E-state index in [1.54, 1.807) is 30.2 Å². The number of halogens is 1. The molecule has 0 amide bonds. The molecule has 2 N–H and O–H groups in total. The molecule has 18 heavy (non-hydrogen) atoms. The fourth-order valence-electron chi connectivity index (χ4n) is 1.54. The summed E-state index contributed by atoms with van der Waals surface area (Å²) in [6, 6.07) is 10.2. The molecule has 0 aliphatic carbocycles. The van der Waals surface area contributed by atoms with Gasteiger partial charge in [-0.2, -0.15) is 0 Å². The zero-order chi connectivity index (χ0) is 13.0. The molecule has 5 heteroatoms. The van der Waals surface area contributed by atoms with Crippen LogP contribution in [0.25, 0.3) is 0 Å². The summed E-state index contributed by atoms with van der Waals surface area (Å²) in [4.78, 5) is 2.50. The lowest BCUT2D eigenvalue weighted by Crippen LogP contribution is -2.07. The van der Waals surface area contributed by atoms with Crippen molar-refractivity contribution in [1.29, 1.82) is 0 Å². The Hall–Kier alpha value is -0.490. The quantitative estimate of drug-likeness (QED) is 0.821. The minimum Gasteiger partial charge on any atom is -0.497 e. The summed E-state index contributed by atoms with van der Waals surface area (Å²) in [7, 11) is 1.67. The number of hydrogen-bond donors (Lipinski definition) is 1. The fourth-order valence-corrected chi connectivity index (χ4v) is 4.19. The van der Waals surface area contributed by atoms with E-state index in [4.69, 9.17) is 10.5 Å². The van der Waals surface area contributed by atoms with E-state index in [-0.39, 0.29) is 0 Å². The van der Waals surface area contributed by atoms with Crippen molar-refractivity contribution in [3.63, 3.8) is 0 Å². The molecule has 1 atom stereocenters. The molecule has 0 radical (unpaired) electrons. The number of benzene rings is 1. The predicted octanol–water partition coefficient (Wildman–Crippen LogP) is 4.31. The third kappa shape index (κ3) is 3.51. The highest BCUT2D eigenvalue weighted by atomic mass is 79.9. The molecule has 0 saturated heterocycles. The van der Waals surface area contributed by atoms with Crippen LogP contribution < -0.4 is 10.5 Å². The van der Waals surface area contributed by atoms with E-state index in [0.29, 0.717) is 11.8 Å². The van der Waals surface area contributed by atoms with Gasteiger partial charge in [-0.3, -0.25) is 0 Å². The van der Waals surface area contributed by atoms with Crippen molar-refractivity contribution in [2.75, 3.05) is 13.7 Å². The van der Waals surface area contributed by atoms with Crippen molar-refractivity contribution < 1.29 is 4.74 Å². The van der Waals surface area contributed by atoms with E-state index in [1.807, 2.05) is 12.1 Å². The van der Waals surface area contributed by atoms with Crippen LogP contribution in [0.1, 0.15) is 10.1 Å². The molecule has 1 aromatic carbocycles. The molecule has 2 rings (SSSR count). The molecule has 0 aliphatic heterocycles. The van der Waals surface area contributed by atoms with E-state index >= 15 is 0 Å². The van der Waals surface area contributed by atoms with Gasteiger partial charge in [0.05, 0.1) is 12.4 Å². The Kier molecular flexibility index (Phi) is 5.12. The van der Waals surface area contributed by atoms with Crippen LogP contribution in [0, 0.1) is 0 Å². The predicted molar refractivity (Wildman–Crippen MR) is 82.7 cm³/mol. The number of methoxy groups -OCH3 is 1. The van der Waals surface area contributed by atoms with E-state index in [9.17, 15) is 0 Å². The van der Waals surface area contributed by atoms with Crippen LogP contribution >= 0.6 is 39.0 Å². The molecular weight excluding hydrogens is 330 g/mol. The first-order valence-electron chi connectivity index (χ1n) is 5.47. The Bertz CT molecular complexity index is 498. The first-order valence-corrected chi connectivity index (χ1v) is 8.03. The number of thiophene rings is 1. The number of nitrogens with two attached hydrogens (primary N) is 1. The minimum atomic E-state index is 0.301. The second-order valence-corrected chi connectivity index (χ2v) is 6.82. The molecule has 2 nitrogen and oxygen atoms in total. The highest BCUT2D eigenvalue weighted by Gasteiger charge is 2.13. The maximum Gasteiger partial charge on any atom is 0.118 e. The highest BCUT2D eigenvalue weighted by Crippen LogP contribution is 2.38. The van der Waals surface area contributed by atoms with Crippen molar-refractivity contribution in [1.82, 2.24) is 0 Å². The van der Waals surface area contributed by atoms with Crippen molar-refractivity contribution in [3.8, 4) is 5.75 Å². The lowest BCUT2D eigenvalue weighted by Gasteiger charge is -2.12. The second-order valence-electron chi connectivity index (χ2n) is 3.69. The van der Waals surface area contributed by atoms with Gasteiger partial charge < -0.3 is 10.5 Å². The minimum absolute atomic E-state index is 0.301. The standard InChI is InChI=1S/C13H14BrNOS2/c1-16-10-2-4-11(5-3-10)18-13(7-15)12-6-9(14)8-17-12/h2-6,8,13H,7,15H2,1H3. The lowest BCUT2D eigenvalue weighted by molar-refractivity contribution is 0.414. The van der Waals surface area contributed by atoms with Crippen LogP contribution in [0.2, 0.25) is 0 Å². The smallest absolute Gasteiger partial charge is 0.118 e. The lowest BCUT2D eigenvalue weighted by atomic mass is 10.3. The largest absolute Gasteiger partial charge is 0.497 e. The van der Waals surface area contributed by atoms with Crippen LogP contribution in [0.5, 0.6) is 5.75 Å². The van der Waals surface area contributed by atoms with Gasteiger partial charge in [-0.05, 0) is 46.3 Å². The second kappa shape index (κ2) is 6.61. The van der Waals surface area contributed by atoms with Crippen molar-refractivity contribution in [3.05, 3.63) is 45.1 Å². The SMILES string of the molecule is COc1ccc(SC(CN)c2cc(Br)cs2)cc1. The van der Waals surface area contributed by atoms with E-state index in [2.05, 4.69) is 39.5 Å². The molecule has 1 heterocycles. The molecule has 0 aliphatic rings. The van der Waals surface area contributed by atoms with E-state index in [1.165, 1.54) is 9.77 Å². The molecule has 1 aromatic heterocycles. The van der Waals surface area contributed by atoms with Gasteiger partial charge in [0.2, 0.25) is 0 Å². The summed E-state index contributed by atoms with van der Waals surface area (Å²) in [6.45, 7) is 0.629. The maximum absolute atomic E-state index is 5.86. The number of rotatable bonds is 5. The summed E-state index contributed by atoms with van der Waals surface area (Å²) >= 11 is 7.00. The van der Waals surface area contributed by atoms with Crippen molar-refractivity contribution >= 4 is 39.0 Å². The van der Waals surface area contributed by atoms with Gasteiger partial charge >= 0.3 is 0 Å². The first kappa shape index (κ1) is 13.9. The summed E-state index contributed by atoms with van der Waals surface area (Å²) < 4.78 is 6.27. The zero-order valence-electron chi connectivity index (χ0n) is 9.93. The third-order valence-corrected chi connectivity index (χ3v) is 5.69. The van der Waals surface area contributed by atoms with Crippen LogP contribution in [0.15, 0.2) is 45.1 Å². The normalized spacial score (nSPS) is 12.4. The molecule has 96 valence electrons. The summed E-state index contributed by atoms with van der Waals surface area (Å²) in [5.74, 6) is 0.877. The average Bonchev–Trinajstić information content (AvgIpc) is 2.83. The first-order chi connectivity index (χ1) is 8.72. The molecule has 2 aromatic rings. The maximum atomic E-state index is 5.86. The van der Waals surface area contributed by atoms with Crippen molar-refractivity contribution in [2.45, 2.75) is 10.1 Å². The third-order valence-electron chi connectivity index (χ3n) is 2.46. The topological polar surface area (TPSA) is 35.2 Å². The highest BCUT2D eigenvalue weighted by molar-refractivity contribution is 9.10. The average molecular weight is 344 g/mol. The molecule has 0 fully saturated rings. The summed E-state index contributed by atoms with van der Waals surface area (Å²) in [5.41, 5.74) is 5.86. The summed E-state index contributed by atoms with van der Waals surface area (Å²) in [6.07, 6.45) is 0. The monoisotopic (exact) mass is 343 g/mol. The van der Waals surface area contributed by atoms with Gasteiger partial charge in [-0.15, -0.1) is 23.1 Å². The van der Waals surface area contributed by atoms with Crippen LogP contribution in [-0.2, 0) is 0 Å².